The average Bonchev–Trinajstić information content (AvgIpc) is 2.87. The van der Waals surface area contributed by atoms with Gasteiger partial charge in [-0.25, -0.2) is 4.79 Å². The van der Waals surface area contributed by atoms with Crippen LogP contribution in [-0.2, 0) is 19.1 Å². The van der Waals surface area contributed by atoms with Gasteiger partial charge >= 0.3 is 12.0 Å². The van der Waals surface area contributed by atoms with E-state index in [1.165, 1.54) is 0 Å². The summed E-state index contributed by atoms with van der Waals surface area (Å²) in [7, 11) is 0. The second-order valence-corrected chi connectivity index (χ2v) is 5.65. The van der Waals surface area contributed by atoms with Crippen LogP contribution in [0.1, 0.15) is 25.7 Å². The topological polar surface area (TPSA) is 105 Å². The molecular formula is C13H18N2O6. The molecule has 2 N–H and O–H groups in total. The van der Waals surface area contributed by atoms with Crippen LogP contribution in [0.2, 0.25) is 0 Å². The first-order chi connectivity index (χ1) is 10.1. The Bertz CT molecular complexity index is 468. The monoisotopic (exact) mass is 298 g/mol. The van der Waals surface area contributed by atoms with Crippen molar-refractivity contribution in [2.75, 3.05) is 13.3 Å². The molecule has 0 radical (unpaired) electrons. The summed E-state index contributed by atoms with van der Waals surface area (Å²) in [4.78, 5) is 36.1. The zero-order valence-electron chi connectivity index (χ0n) is 11.5. The molecule has 21 heavy (non-hydrogen) atoms. The van der Waals surface area contributed by atoms with Gasteiger partial charge in [0.15, 0.2) is 0 Å². The predicted molar refractivity (Wildman–Crippen MR) is 68.2 cm³/mol. The highest BCUT2D eigenvalue weighted by Gasteiger charge is 2.49. The van der Waals surface area contributed by atoms with Crippen molar-refractivity contribution in [3.63, 3.8) is 0 Å². The molecule has 1 aliphatic carbocycles. The Balaban J connectivity index is 1.65. The van der Waals surface area contributed by atoms with Gasteiger partial charge in [0.05, 0.1) is 18.1 Å². The maximum absolute atomic E-state index is 12.5. The Labute approximate surface area is 121 Å². The Morgan fingerprint density at radius 2 is 2.00 bits per heavy atom. The molecule has 3 fully saturated rings. The van der Waals surface area contributed by atoms with Crippen molar-refractivity contribution in [2.45, 2.75) is 43.9 Å². The third kappa shape index (κ3) is 2.73. The highest BCUT2D eigenvalue weighted by atomic mass is 16.7. The third-order valence-corrected chi connectivity index (χ3v) is 4.35. The number of nitrogens with one attached hydrogen (secondary N) is 1. The summed E-state index contributed by atoms with van der Waals surface area (Å²) in [5, 5.41) is 11.5. The number of carboxylic acid groups (broad SMARTS) is 1. The highest BCUT2D eigenvalue weighted by Crippen LogP contribution is 2.35. The Kier molecular flexibility index (Phi) is 3.81. The Morgan fingerprint density at radius 3 is 2.71 bits per heavy atom. The fourth-order valence-electron chi connectivity index (χ4n) is 3.27. The minimum atomic E-state index is -0.935. The van der Waals surface area contributed by atoms with Gasteiger partial charge in [-0.05, 0) is 19.3 Å². The van der Waals surface area contributed by atoms with Crippen LogP contribution in [0.5, 0.6) is 0 Å². The molecule has 4 atom stereocenters. The van der Waals surface area contributed by atoms with E-state index in [0.717, 1.165) is 4.90 Å². The number of aliphatic carboxylic acids is 1. The van der Waals surface area contributed by atoms with Crippen LogP contribution in [0.3, 0.4) is 0 Å². The van der Waals surface area contributed by atoms with Gasteiger partial charge in [-0.15, -0.1) is 0 Å². The Hall–Kier alpha value is -1.67. The van der Waals surface area contributed by atoms with E-state index in [0.29, 0.717) is 12.8 Å². The number of ether oxygens (including phenoxy) is 2. The molecule has 4 unspecified atom stereocenters. The van der Waals surface area contributed by atoms with Crippen molar-refractivity contribution in [1.29, 1.82) is 0 Å². The molecule has 0 spiro atoms. The molecule has 2 saturated heterocycles. The summed E-state index contributed by atoms with van der Waals surface area (Å²) >= 11 is 0. The van der Waals surface area contributed by atoms with Gasteiger partial charge in [0, 0.05) is 19.0 Å². The summed E-state index contributed by atoms with van der Waals surface area (Å²) in [5.41, 5.74) is 0. The number of nitrogens with zero attached hydrogens (tertiary/aromatic N) is 1. The first-order valence-electron chi connectivity index (χ1n) is 7.13. The second kappa shape index (κ2) is 5.61. The number of carbonyl (C=O) groups is 3. The first-order valence-corrected chi connectivity index (χ1v) is 7.13. The van der Waals surface area contributed by atoms with Gasteiger partial charge in [-0.3, -0.25) is 14.5 Å². The number of rotatable bonds is 4. The van der Waals surface area contributed by atoms with E-state index < -0.39 is 12.0 Å². The molecule has 8 nitrogen and oxygen atoms in total. The van der Waals surface area contributed by atoms with E-state index in [1.807, 2.05) is 0 Å². The van der Waals surface area contributed by atoms with Crippen molar-refractivity contribution < 1.29 is 29.0 Å². The van der Waals surface area contributed by atoms with Crippen molar-refractivity contribution in [3.05, 3.63) is 0 Å². The maximum Gasteiger partial charge on any atom is 0.324 e. The van der Waals surface area contributed by atoms with Crippen LogP contribution in [0, 0.1) is 5.92 Å². The zero-order valence-corrected chi connectivity index (χ0v) is 11.5. The van der Waals surface area contributed by atoms with Crippen molar-refractivity contribution in [1.82, 2.24) is 10.2 Å². The van der Waals surface area contributed by atoms with E-state index in [4.69, 9.17) is 14.6 Å². The van der Waals surface area contributed by atoms with Crippen LogP contribution in [0.15, 0.2) is 0 Å². The molecule has 116 valence electrons. The van der Waals surface area contributed by atoms with Gasteiger partial charge in [-0.1, -0.05) is 0 Å². The largest absolute Gasteiger partial charge is 0.481 e. The fourth-order valence-corrected chi connectivity index (χ4v) is 3.27. The summed E-state index contributed by atoms with van der Waals surface area (Å²) in [6.45, 7) is 0.366. The molecule has 3 amide bonds. The second-order valence-electron chi connectivity index (χ2n) is 5.65. The molecule has 3 rings (SSSR count). The van der Waals surface area contributed by atoms with Crippen LogP contribution < -0.4 is 5.32 Å². The van der Waals surface area contributed by atoms with Crippen LogP contribution in [-0.4, -0.2) is 59.5 Å². The number of hydrogen-bond donors (Lipinski definition) is 2. The van der Waals surface area contributed by atoms with Gasteiger partial charge in [-0.2, -0.15) is 0 Å². The molecule has 0 aromatic carbocycles. The lowest BCUT2D eigenvalue weighted by molar-refractivity contribution is -0.140. The molecule has 2 aliphatic heterocycles. The first kappa shape index (κ1) is 14.3. The quantitative estimate of drug-likeness (QED) is 0.752. The van der Waals surface area contributed by atoms with Crippen LogP contribution in [0.4, 0.5) is 4.79 Å². The van der Waals surface area contributed by atoms with Gasteiger partial charge in [0.25, 0.3) is 0 Å². The van der Waals surface area contributed by atoms with E-state index in [1.54, 1.807) is 0 Å². The molecule has 2 heterocycles. The van der Waals surface area contributed by atoms with Crippen LogP contribution in [0.25, 0.3) is 0 Å². The molecule has 0 bridgehead atoms. The lowest BCUT2D eigenvalue weighted by Crippen LogP contribution is -2.63. The normalized spacial score (nSPS) is 35.1. The molecule has 0 aromatic heterocycles. The molecular weight excluding hydrogens is 280 g/mol. The number of imide groups is 1. The summed E-state index contributed by atoms with van der Waals surface area (Å²) in [6, 6.07) is -0.660. The standard InChI is InChI=1S/C13H18N2O6/c16-11(17)2-1-3-15-12(18)7-4-9-10(21-6-20-9)5-8(7)14-13(15)19/h7-10H,1-6H2,(H,14,19)(H,16,17). The third-order valence-electron chi connectivity index (χ3n) is 4.35. The lowest BCUT2D eigenvalue weighted by Gasteiger charge is -2.42. The number of fused-ring (bicyclic) bond motifs is 2. The van der Waals surface area contributed by atoms with Crippen LogP contribution >= 0.6 is 0 Å². The molecule has 3 aliphatic rings. The molecule has 8 heteroatoms. The molecule has 0 aromatic rings. The number of hydrogen-bond acceptors (Lipinski definition) is 5. The molecule has 1 saturated carbocycles. The minimum absolute atomic E-state index is 0.0575. The van der Waals surface area contributed by atoms with E-state index in [9.17, 15) is 14.4 Å². The van der Waals surface area contributed by atoms with Gasteiger partial charge in [0.2, 0.25) is 5.91 Å². The number of carboxylic acids is 1. The number of carbonyl (C=O) groups excluding carboxylic acids is 2. The van der Waals surface area contributed by atoms with E-state index in [-0.39, 0.29) is 56.3 Å². The fraction of sp³-hybridized carbons (Fsp3) is 0.769. The van der Waals surface area contributed by atoms with Crippen molar-refractivity contribution >= 4 is 17.9 Å². The summed E-state index contributed by atoms with van der Waals surface area (Å²) in [6.07, 6.45) is 1.16. The van der Waals surface area contributed by atoms with Crippen molar-refractivity contribution in [2.24, 2.45) is 5.92 Å². The average molecular weight is 298 g/mol. The maximum atomic E-state index is 12.5. The lowest BCUT2D eigenvalue weighted by atomic mass is 9.79. The van der Waals surface area contributed by atoms with Gasteiger partial charge < -0.3 is 19.9 Å². The number of amides is 3. The SMILES string of the molecule is O=C(O)CCCN1C(=O)NC2CC3OCOC3CC2C1=O. The summed E-state index contributed by atoms with van der Waals surface area (Å²) in [5.74, 6) is -1.48. The van der Waals surface area contributed by atoms with Crippen molar-refractivity contribution in [3.8, 4) is 0 Å². The highest BCUT2D eigenvalue weighted by molar-refractivity contribution is 5.98. The zero-order chi connectivity index (χ0) is 15.0. The smallest absolute Gasteiger partial charge is 0.324 e. The minimum Gasteiger partial charge on any atom is -0.481 e. The van der Waals surface area contributed by atoms with E-state index in [2.05, 4.69) is 5.32 Å². The summed E-state index contributed by atoms with van der Waals surface area (Å²) < 4.78 is 10.9. The predicted octanol–water partition coefficient (Wildman–Crippen LogP) is -0.0769. The number of urea groups is 1. The van der Waals surface area contributed by atoms with Gasteiger partial charge in [0.1, 0.15) is 6.79 Å². The van der Waals surface area contributed by atoms with E-state index >= 15 is 0 Å². The Morgan fingerprint density at radius 1 is 1.29 bits per heavy atom.